The predicted molar refractivity (Wildman–Crippen MR) is 451 cm³/mol. The third-order valence-electron chi connectivity index (χ3n) is 23.1. The number of halogens is 1. The van der Waals surface area contributed by atoms with Crippen molar-refractivity contribution in [1.82, 2.24) is 0 Å². The molecule has 530 valence electrons. The van der Waals surface area contributed by atoms with Gasteiger partial charge >= 0.3 is 0 Å². The first-order chi connectivity index (χ1) is 47.5. The van der Waals surface area contributed by atoms with Gasteiger partial charge in [0.2, 0.25) is 0 Å². The lowest BCUT2D eigenvalue weighted by atomic mass is 9.77. The van der Waals surface area contributed by atoms with Crippen molar-refractivity contribution in [3.8, 4) is 44.5 Å². The van der Waals surface area contributed by atoms with Gasteiger partial charge in [0.15, 0.2) is 7.38 Å². The Bertz CT molecular complexity index is 4590. The highest BCUT2D eigenvalue weighted by Gasteiger charge is 2.40. The van der Waals surface area contributed by atoms with Gasteiger partial charge in [-0.15, -0.1) is 0 Å². The lowest BCUT2D eigenvalue weighted by molar-refractivity contribution is 0.125. The van der Waals surface area contributed by atoms with Crippen LogP contribution >= 0.6 is 11.1 Å². The molecule has 0 N–H and O–H groups in total. The first-order valence-corrected chi connectivity index (χ1v) is 44.9. The van der Waals surface area contributed by atoms with Crippen molar-refractivity contribution in [2.75, 3.05) is 6.61 Å². The van der Waals surface area contributed by atoms with Gasteiger partial charge in [-0.25, -0.2) is 0 Å². The van der Waals surface area contributed by atoms with E-state index in [1.165, 1.54) is 196 Å². The Labute approximate surface area is 620 Å². The lowest BCUT2D eigenvalue weighted by Crippen LogP contribution is -2.28. The normalized spacial score (nSPS) is 18.4. The summed E-state index contributed by atoms with van der Waals surface area (Å²) in [5.74, 6) is 0.520. The summed E-state index contributed by atoms with van der Waals surface area (Å²) >= 11 is 7.02. The van der Waals surface area contributed by atoms with Crippen molar-refractivity contribution >= 4 is 52.3 Å². The zero-order valence-corrected chi connectivity index (χ0v) is 70.1. The molecular formula is C97H121ClOSi2. The Hall–Kier alpha value is -6.60. The van der Waals surface area contributed by atoms with E-state index < -0.39 is 7.38 Å². The van der Waals surface area contributed by atoms with Crippen LogP contribution in [0, 0.1) is 69.2 Å². The van der Waals surface area contributed by atoms with Crippen LogP contribution in [0.4, 0.5) is 0 Å². The summed E-state index contributed by atoms with van der Waals surface area (Å²) in [7, 11) is -1.94. The average Bonchev–Trinajstić information content (AvgIpc) is 1.65. The summed E-state index contributed by atoms with van der Waals surface area (Å²) in [6.07, 6.45) is 21.6. The average molecular weight is 1390 g/mol. The maximum atomic E-state index is 7.02. The summed E-state index contributed by atoms with van der Waals surface area (Å²) in [5, 5.41) is 0. The van der Waals surface area contributed by atoms with Gasteiger partial charge in [0.25, 0.3) is 0 Å². The van der Waals surface area contributed by atoms with Gasteiger partial charge in [-0.1, -0.05) is 256 Å². The van der Waals surface area contributed by atoms with Gasteiger partial charge in [0.05, 0.1) is 6.10 Å². The molecule has 6 aliphatic carbocycles. The molecule has 101 heavy (non-hydrogen) atoms. The number of rotatable bonds is 6. The van der Waals surface area contributed by atoms with Crippen LogP contribution in [0.1, 0.15) is 259 Å². The smallest absolute Gasteiger partial charge is 0.161 e. The molecule has 1 saturated heterocycles. The van der Waals surface area contributed by atoms with E-state index in [1.54, 1.807) is 55.6 Å². The molecule has 1 heterocycles. The van der Waals surface area contributed by atoms with Crippen molar-refractivity contribution in [2.45, 2.75) is 264 Å². The lowest BCUT2D eigenvalue weighted by Gasteiger charge is -2.30. The summed E-state index contributed by atoms with van der Waals surface area (Å²) < 4.78 is 5.15. The van der Waals surface area contributed by atoms with Gasteiger partial charge in [0.1, 0.15) is 0 Å². The molecule has 0 aromatic heterocycles. The van der Waals surface area contributed by atoms with Crippen molar-refractivity contribution in [1.29, 1.82) is 0 Å². The number of allylic oxidation sites excluding steroid dienone is 4. The van der Waals surface area contributed by atoms with Crippen molar-refractivity contribution in [3.05, 3.63) is 253 Å². The van der Waals surface area contributed by atoms with Crippen LogP contribution in [-0.2, 0) is 47.7 Å². The third kappa shape index (κ3) is 16.1. The molecule has 1 nitrogen and oxygen atoms in total. The molecule has 7 aliphatic rings. The number of aryl methyl sites for hydroxylation is 10. The fourth-order valence-electron chi connectivity index (χ4n) is 18.9. The molecule has 0 spiro atoms. The monoisotopic (exact) mass is 1390 g/mol. The minimum Gasteiger partial charge on any atom is -0.379 e. The first kappa shape index (κ1) is 75.6. The SMILES string of the molecule is CC1=Cc2c(cc(C(C)(C)C)c(C)c2-c2cc(C)cc(C)c2)C1C.CC1=Cc2c(cc(C(C)(C)C)c(C)c2-c2cc(C)cc(C)c2)C1[Si](C)(C)Cl.CC1=Cc2cc3c(c(-c4cc(C)cc(C)c4)c2C1)CCC3.CC1CCCO1.C[SiH2]C1C(C)=Cc2c1cc1c(c2-c2cc(C)cc(C)c2)CCC1. The summed E-state index contributed by atoms with van der Waals surface area (Å²) in [6.45, 7) is 57.8. The quantitative estimate of drug-likeness (QED) is 0.119. The second-order valence-corrected chi connectivity index (χ2v) is 43.0. The van der Waals surface area contributed by atoms with E-state index in [-0.39, 0.29) is 20.3 Å². The first-order valence-electron chi connectivity index (χ1n) is 38.6. The highest BCUT2D eigenvalue weighted by atomic mass is 35.6. The Morgan fingerprint density at radius 2 is 0.832 bits per heavy atom. The molecule has 4 atom stereocenters. The van der Waals surface area contributed by atoms with Crippen molar-refractivity contribution in [3.63, 3.8) is 0 Å². The van der Waals surface area contributed by atoms with Crippen molar-refractivity contribution in [2.24, 2.45) is 0 Å². The summed E-state index contributed by atoms with van der Waals surface area (Å²) in [6, 6.07) is 37.9. The van der Waals surface area contributed by atoms with Crippen LogP contribution < -0.4 is 0 Å². The standard InChI is InChI=1S/C25H33ClSi.C24H30.C22H26Si.C21H22.C5H10O/c1-15-10-16(2)12-19(11-15)23-18(4)22(25(5,6)7)14-21-20(23)13-17(3)24(21)27(8,9)26;1-14-9-15(2)11-19(10-14)23-18(5)22(24(6,7)8)13-20-17(4)16(3)12-21(20)23;1-13-8-14(2)10-17(9-13)21-18-7-5-6-16(18)12-20-19(21)11-15(3)22(20)23-4;1-13-7-14(2)10-18(9-13)21-19-6-4-5-16(19)12-17-8-15(3)11-20(17)21;1-5-3-2-4-6-5/h10-14,24H,1-9H3;9-13,17H,1-8H3;8-12,22H,5-7,23H2,1-4H3;7-10,12H,4-6,11H2,1-3H3;5H,2-4H2,1H3. The zero-order valence-electron chi connectivity index (χ0n) is 66.9. The van der Waals surface area contributed by atoms with E-state index in [0.717, 1.165) is 18.6 Å². The highest BCUT2D eigenvalue weighted by Crippen LogP contribution is 2.52. The highest BCUT2D eigenvalue weighted by molar-refractivity contribution is 7.20. The Balaban J connectivity index is 0.000000132. The number of fused-ring (bicyclic) bond motifs is 6. The molecule has 4 unspecified atom stereocenters. The molecule has 0 saturated carbocycles. The topological polar surface area (TPSA) is 9.23 Å². The van der Waals surface area contributed by atoms with Crippen LogP contribution in [0.5, 0.6) is 0 Å². The van der Waals surface area contributed by atoms with Gasteiger partial charge in [-0.2, -0.15) is 11.1 Å². The van der Waals surface area contributed by atoms with E-state index >= 15 is 0 Å². The van der Waals surface area contributed by atoms with Crippen LogP contribution in [-0.4, -0.2) is 29.6 Å². The molecule has 15 rings (SSSR count). The molecular weight excluding hydrogens is 1270 g/mol. The van der Waals surface area contributed by atoms with Crippen LogP contribution in [0.2, 0.25) is 19.6 Å². The fourth-order valence-corrected chi connectivity index (χ4v) is 23.4. The van der Waals surface area contributed by atoms with Crippen molar-refractivity contribution < 1.29 is 4.74 Å². The zero-order chi connectivity index (χ0) is 73.2. The van der Waals surface area contributed by atoms with E-state index in [4.69, 9.17) is 15.8 Å². The van der Waals surface area contributed by atoms with Crippen LogP contribution in [0.25, 0.3) is 68.8 Å². The minimum absolute atomic E-state index is 0.0610. The molecule has 0 amide bonds. The van der Waals surface area contributed by atoms with Gasteiger partial charge in [0, 0.05) is 27.6 Å². The fraction of sp³-hybridized carbons (Fsp3) is 0.423. The summed E-state index contributed by atoms with van der Waals surface area (Å²) in [5.41, 5.74) is 54.0. The molecule has 8 aromatic carbocycles. The molecule has 0 bridgehead atoms. The Morgan fingerprint density at radius 3 is 1.26 bits per heavy atom. The largest absolute Gasteiger partial charge is 0.379 e. The van der Waals surface area contributed by atoms with E-state index in [2.05, 4.69) is 293 Å². The van der Waals surface area contributed by atoms with Crippen LogP contribution in [0.15, 0.2) is 119 Å². The molecule has 0 radical (unpaired) electrons. The summed E-state index contributed by atoms with van der Waals surface area (Å²) in [4.78, 5) is 0. The molecule has 4 heteroatoms. The molecule has 1 aliphatic heterocycles. The van der Waals surface area contributed by atoms with E-state index in [9.17, 15) is 0 Å². The van der Waals surface area contributed by atoms with E-state index in [1.807, 2.05) is 0 Å². The van der Waals surface area contributed by atoms with Gasteiger partial charge < -0.3 is 4.74 Å². The third-order valence-corrected chi connectivity index (χ3v) is 27.8. The minimum atomic E-state index is -1.88. The Morgan fingerprint density at radius 1 is 0.426 bits per heavy atom. The number of hydrogen-bond acceptors (Lipinski definition) is 1. The Kier molecular flexibility index (Phi) is 22.3. The second-order valence-electron chi connectivity index (χ2n) is 34.8. The van der Waals surface area contributed by atoms with E-state index in [0.29, 0.717) is 17.6 Å². The van der Waals surface area contributed by atoms with Crippen LogP contribution in [0.3, 0.4) is 0 Å². The maximum absolute atomic E-state index is 7.02. The second kappa shape index (κ2) is 29.9. The molecule has 8 aromatic rings. The van der Waals surface area contributed by atoms with Gasteiger partial charge in [-0.05, 0) is 312 Å². The number of hydrogen-bond donors (Lipinski definition) is 0. The maximum Gasteiger partial charge on any atom is 0.161 e. The predicted octanol–water partition coefficient (Wildman–Crippen LogP) is 26.9. The number of ether oxygens (including phenoxy) is 1. The van der Waals surface area contributed by atoms with Gasteiger partial charge in [-0.3, -0.25) is 0 Å². The number of benzene rings is 8. The molecule has 1 fully saturated rings.